The number of hydrogen-bond donors (Lipinski definition) is 1. The number of nitrogens with one attached hydrogen (secondary N) is 1. The summed E-state index contributed by atoms with van der Waals surface area (Å²) in [6.45, 7) is 10.6. The number of rotatable bonds is 5. The molecule has 1 aromatic heterocycles. The Morgan fingerprint density at radius 2 is 1.95 bits per heavy atom. The highest BCUT2D eigenvalue weighted by molar-refractivity contribution is 6.30. The van der Waals surface area contributed by atoms with Gasteiger partial charge >= 0.3 is 0 Å². The zero-order valence-corrected chi connectivity index (χ0v) is 13.7. The third-order valence-corrected chi connectivity index (χ3v) is 4.73. The van der Waals surface area contributed by atoms with Gasteiger partial charge in [0.05, 0.1) is 11.7 Å². The van der Waals surface area contributed by atoms with E-state index in [4.69, 9.17) is 11.6 Å². The minimum Gasteiger partial charge on any atom is -0.322 e. The average molecular weight is 300 g/mol. The van der Waals surface area contributed by atoms with Gasteiger partial charge in [-0.25, -0.2) is 4.98 Å². The average Bonchev–Trinajstić information content (AvgIpc) is 2.72. The standard InChI is InChI=1S/C14H26ClN5/c1-5-19-6-8-20(9-7-19)12(10-16-3)13-14(15)18(4)11(2)17-13/h12,16H,5-10H2,1-4H3. The number of likely N-dealkylation sites (N-methyl/N-ethyl adjacent to an activating group) is 2. The van der Waals surface area contributed by atoms with Gasteiger partial charge in [0.25, 0.3) is 0 Å². The number of nitrogens with zero attached hydrogens (tertiary/aromatic N) is 4. The fourth-order valence-electron chi connectivity index (χ4n) is 2.80. The van der Waals surface area contributed by atoms with E-state index >= 15 is 0 Å². The van der Waals surface area contributed by atoms with Crippen LogP contribution >= 0.6 is 11.6 Å². The maximum absolute atomic E-state index is 6.46. The van der Waals surface area contributed by atoms with Crippen molar-refractivity contribution >= 4 is 11.6 Å². The Bertz CT molecular complexity index is 437. The molecule has 1 atom stereocenters. The van der Waals surface area contributed by atoms with Crippen molar-refractivity contribution in [3.63, 3.8) is 0 Å². The minimum absolute atomic E-state index is 0.256. The van der Waals surface area contributed by atoms with Gasteiger partial charge in [-0.05, 0) is 20.5 Å². The molecule has 5 nitrogen and oxygen atoms in total. The highest BCUT2D eigenvalue weighted by Gasteiger charge is 2.28. The summed E-state index contributed by atoms with van der Waals surface area (Å²) in [5, 5.41) is 4.05. The van der Waals surface area contributed by atoms with E-state index < -0.39 is 0 Å². The number of aromatic nitrogens is 2. The highest BCUT2D eigenvalue weighted by Crippen LogP contribution is 2.27. The lowest BCUT2D eigenvalue weighted by Crippen LogP contribution is -2.49. The van der Waals surface area contributed by atoms with Gasteiger partial charge in [0, 0.05) is 39.8 Å². The molecule has 1 aliphatic rings. The number of piperazine rings is 1. The quantitative estimate of drug-likeness (QED) is 0.889. The van der Waals surface area contributed by atoms with Crippen LogP contribution in [0.2, 0.25) is 5.15 Å². The van der Waals surface area contributed by atoms with Crippen molar-refractivity contribution in [1.29, 1.82) is 0 Å². The minimum atomic E-state index is 0.256. The monoisotopic (exact) mass is 299 g/mol. The van der Waals surface area contributed by atoms with E-state index in [-0.39, 0.29) is 6.04 Å². The summed E-state index contributed by atoms with van der Waals surface area (Å²) in [4.78, 5) is 9.66. The van der Waals surface area contributed by atoms with Crippen LogP contribution in [-0.4, -0.2) is 65.7 Å². The normalized spacial score (nSPS) is 19.4. The van der Waals surface area contributed by atoms with Gasteiger partial charge in [0.15, 0.2) is 0 Å². The van der Waals surface area contributed by atoms with E-state index in [1.165, 1.54) is 0 Å². The Morgan fingerprint density at radius 3 is 2.40 bits per heavy atom. The van der Waals surface area contributed by atoms with Crippen LogP contribution in [0.15, 0.2) is 0 Å². The summed E-state index contributed by atoms with van der Waals surface area (Å²) in [6, 6.07) is 0.256. The van der Waals surface area contributed by atoms with Gasteiger partial charge in [-0.15, -0.1) is 0 Å². The molecule has 0 spiro atoms. The Hall–Kier alpha value is -0.620. The van der Waals surface area contributed by atoms with Crippen LogP contribution in [0.4, 0.5) is 0 Å². The Balaban J connectivity index is 2.16. The van der Waals surface area contributed by atoms with Crippen molar-refractivity contribution in [3.05, 3.63) is 16.7 Å². The molecule has 1 aromatic rings. The van der Waals surface area contributed by atoms with E-state index in [2.05, 4.69) is 27.0 Å². The van der Waals surface area contributed by atoms with Crippen LogP contribution in [0, 0.1) is 6.92 Å². The second-order valence-corrected chi connectivity index (χ2v) is 5.80. The van der Waals surface area contributed by atoms with Crippen LogP contribution in [0.5, 0.6) is 0 Å². The summed E-state index contributed by atoms with van der Waals surface area (Å²) in [5.74, 6) is 0.971. The predicted molar refractivity (Wildman–Crippen MR) is 83.3 cm³/mol. The Morgan fingerprint density at radius 1 is 1.30 bits per heavy atom. The molecule has 6 heteroatoms. The molecule has 114 valence electrons. The maximum atomic E-state index is 6.46. The number of imidazole rings is 1. The fraction of sp³-hybridized carbons (Fsp3) is 0.786. The first-order chi connectivity index (χ1) is 9.58. The first kappa shape index (κ1) is 15.8. The van der Waals surface area contributed by atoms with Crippen molar-refractivity contribution < 1.29 is 0 Å². The molecule has 0 amide bonds. The van der Waals surface area contributed by atoms with Crippen molar-refractivity contribution in [2.24, 2.45) is 7.05 Å². The van der Waals surface area contributed by atoms with Gasteiger partial charge in [0.1, 0.15) is 11.0 Å². The SMILES string of the molecule is CCN1CCN(C(CNC)c2nc(C)n(C)c2Cl)CC1. The molecule has 2 rings (SSSR count). The maximum Gasteiger partial charge on any atom is 0.133 e. The van der Waals surface area contributed by atoms with Crippen molar-refractivity contribution in [2.45, 2.75) is 19.9 Å². The molecule has 0 aromatic carbocycles. The summed E-state index contributed by atoms with van der Waals surface area (Å²) < 4.78 is 1.96. The lowest BCUT2D eigenvalue weighted by Gasteiger charge is -2.38. The van der Waals surface area contributed by atoms with Crippen molar-refractivity contribution in [3.8, 4) is 0 Å². The van der Waals surface area contributed by atoms with E-state index in [1.807, 2.05) is 25.6 Å². The molecule has 1 unspecified atom stereocenters. The van der Waals surface area contributed by atoms with Gasteiger partial charge in [0.2, 0.25) is 0 Å². The van der Waals surface area contributed by atoms with Crippen LogP contribution in [0.1, 0.15) is 24.5 Å². The third kappa shape index (κ3) is 3.17. The fourth-order valence-corrected chi connectivity index (χ4v) is 3.10. The zero-order valence-electron chi connectivity index (χ0n) is 13.0. The molecular formula is C14H26ClN5. The van der Waals surface area contributed by atoms with Crippen molar-refractivity contribution in [2.75, 3.05) is 46.3 Å². The lowest BCUT2D eigenvalue weighted by molar-refractivity contribution is 0.0975. The lowest BCUT2D eigenvalue weighted by atomic mass is 10.1. The molecule has 1 saturated heterocycles. The number of halogens is 1. The first-order valence-corrected chi connectivity index (χ1v) is 7.76. The first-order valence-electron chi connectivity index (χ1n) is 7.38. The molecule has 0 saturated carbocycles. The smallest absolute Gasteiger partial charge is 0.133 e. The second-order valence-electron chi connectivity index (χ2n) is 5.44. The number of hydrogen-bond acceptors (Lipinski definition) is 4. The number of aryl methyl sites for hydroxylation is 1. The van der Waals surface area contributed by atoms with Gasteiger partial charge in [-0.3, -0.25) is 4.90 Å². The van der Waals surface area contributed by atoms with Crippen LogP contribution in [-0.2, 0) is 7.05 Å². The molecule has 0 aliphatic carbocycles. The van der Waals surface area contributed by atoms with E-state index in [0.29, 0.717) is 0 Å². The predicted octanol–water partition coefficient (Wildman–Crippen LogP) is 1.28. The van der Waals surface area contributed by atoms with Gasteiger partial charge < -0.3 is 14.8 Å². The van der Waals surface area contributed by atoms with Gasteiger partial charge in [-0.2, -0.15) is 0 Å². The Labute approximate surface area is 126 Å². The molecule has 1 fully saturated rings. The zero-order chi connectivity index (χ0) is 14.7. The third-order valence-electron chi connectivity index (χ3n) is 4.28. The van der Waals surface area contributed by atoms with Crippen LogP contribution in [0.3, 0.4) is 0 Å². The van der Waals surface area contributed by atoms with Crippen LogP contribution in [0.25, 0.3) is 0 Å². The molecular weight excluding hydrogens is 274 g/mol. The van der Waals surface area contributed by atoms with Crippen LogP contribution < -0.4 is 5.32 Å². The topological polar surface area (TPSA) is 36.3 Å². The summed E-state index contributed by atoms with van der Waals surface area (Å²) in [7, 11) is 3.96. The summed E-state index contributed by atoms with van der Waals surface area (Å²) in [6.07, 6.45) is 0. The molecule has 1 N–H and O–H groups in total. The summed E-state index contributed by atoms with van der Waals surface area (Å²) in [5.41, 5.74) is 1.01. The van der Waals surface area contributed by atoms with E-state index in [9.17, 15) is 0 Å². The molecule has 1 aliphatic heterocycles. The van der Waals surface area contributed by atoms with Gasteiger partial charge in [-0.1, -0.05) is 18.5 Å². The molecule has 20 heavy (non-hydrogen) atoms. The van der Waals surface area contributed by atoms with Crippen molar-refractivity contribution in [1.82, 2.24) is 24.7 Å². The molecule has 0 bridgehead atoms. The summed E-state index contributed by atoms with van der Waals surface area (Å²) >= 11 is 6.46. The van der Waals surface area contributed by atoms with E-state index in [0.717, 1.165) is 55.9 Å². The molecule has 0 radical (unpaired) electrons. The Kier molecular flexibility index (Phi) is 5.43. The second kappa shape index (κ2) is 6.89. The largest absolute Gasteiger partial charge is 0.322 e. The molecule has 2 heterocycles. The van der Waals surface area contributed by atoms with E-state index in [1.54, 1.807) is 0 Å². The highest BCUT2D eigenvalue weighted by atomic mass is 35.5.